The van der Waals surface area contributed by atoms with Crippen LogP contribution in [0, 0.1) is 11.8 Å². The molecular formula is C13H15ClO2. The van der Waals surface area contributed by atoms with Crippen molar-refractivity contribution in [2.24, 2.45) is 11.8 Å². The molecule has 2 nitrogen and oxygen atoms in total. The highest BCUT2D eigenvalue weighted by atomic mass is 35.5. The predicted octanol–water partition coefficient (Wildman–Crippen LogP) is 3.12. The molecule has 16 heavy (non-hydrogen) atoms. The van der Waals surface area contributed by atoms with E-state index in [0.717, 1.165) is 17.7 Å². The van der Waals surface area contributed by atoms with E-state index in [2.05, 4.69) is 6.92 Å². The number of rotatable bonds is 4. The summed E-state index contributed by atoms with van der Waals surface area (Å²) in [5.41, 5.74) is 0.888. The van der Waals surface area contributed by atoms with Gasteiger partial charge in [0.05, 0.1) is 7.11 Å². The lowest BCUT2D eigenvalue weighted by Gasteiger charge is -2.08. The molecule has 2 rings (SSSR count). The summed E-state index contributed by atoms with van der Waals surface area (Å²) < 4.78 is 5.22. The SMILES string of the molecule is COc1ccc(Cl)cc1CC(=O)C1CC1C. The summed E-state index contributed by atoms with van der Waals surface area (Å²) in [7, 11) is 1.61. The van der Waals surface area contributed by atoms with Crippen LogP contribution in [0.5, 0.6) is 5.75 Å². The third kappa shape index (κ3) is 2.38. The summed E-state index contributed by atoms with van der Waals surface area (Å²) in [6, 6.07) is 5.39. The maximum Gasteiger partial charge on any atom is 0.140 e. The van der Waals surface area contributed by atoms with Crippen LogP contribution in [0.15, 0.2) is 18.2 Å². The molecule has 1 aliphatic rings. The quantitative estimate of drug-likeness (QED) is 0.806. The number of Topliss-reactive ketones (excluding diaryl/α,β-unsaturated/α-hetero) is 1. The number of carbonyl (C=O) groups is 1. The second-order valence-corrected chi connectivity index (χ2v) is 4.86. The van der Waals surface area contributed by atoms with Crippen molar-refractivity contribution in [1.29, 1.82) is 0 Å². The van der Waals surface area contributed by atoms with Crippen LogP contribution >= 0.6 is 11.6 Å². The molecule has 0 heterocycles. The minimum absolute atomic E-state index is 0.253. The predicted molar refractivity (Wildman–Crippen MR) is 64.0 cm³/mol. The Hall–Kier alpha value is -1.02. The number of methoxy groups -OCH3 is 1. The Labute approximate surface area is 101 Å². The number of ketones is 1. The fourth-order valence-corrected chi connectivity index (χ4v) is 2.17. The molecule has 86 valence electrons. The Kier molecular flexibility index (Phi) is 3.20. The second kappa shape index (κ2) is 4.46. The van der Waals surface area contributed by atoms with Gasteiger partial charge in [0.25, 0.3) is 0 Å². The Balaban J connectivity index is 2.13. The van der Waals surface area contributed by atoms with E-state index >= 15 is 0 Å². The number of halogens is 1. The zero-order chi connectivity index (χ0) is 11.7. The third-order valence-electron chi connectivity index (χ3n) is 3.13. The van der Waals surface area contributed by atoms with Crippen LogP contribution in [0.4, 0.5) is 0 Å². The average molecular weight is 239 g/mol. The van der Waals surface area contributed by atoms with E-state index in [1.165, 1.54) is 0 Å². The average Bonchev–Trinajstić information content (AvgIpc) is 2.96. The summed E-state index contributed by atoms with van der Waals surface area (Å²) in [5, 5.41) is 0.646. The maximum atomic E-state index is 11.9. The summed E-state index contributed by atoms with van der Waals surface area (Å²) in [6.07, 6.45) is 1.46. The van der Waals surface area contributed by atoms with E-state index in [9.17, 15) is 4.79 Å². The maximum absolute atomic E-state index is 11.9. The van der Waals surface area contributed by atoms with Gasteiger partial charge >= 0.3 is 0 Å². The van der Waals surface area contributed by atoms with Crippen molar-refractivity contribution in [1.82, 2.24) is 0 Å². The number of carbonyl (C=O) groups excluding carboxylic acids is 1. The van der Waals surface area contributed by atoms with Crippen LogP contribution in [0.2, 0.25) is 5.02 Å². The van der Waals surface area contributed by atoms with Crippen molar-refractivity contribution >= 4 is 17.4 Å². The zero-order valence-corrected chi connectivity index (χ0v) is 10.3. The highest BCUT2D eigenvalue weighted by Crippen LogP contribution is 2.39. The summed E-state index contributed by atoms with van der Waals surface area (Å²) in [6.45, 7) is 2.11. The molecule has 1 aromatic rings. The topological polar surface area (TPSA) is 26.3 Å². The molecule has 0 amide bonds. The number of hydrogen-bond donors (Lipinski definition) is 0. The monoisotopic (exact) mass is 238 g/mol. The molecule has 0 bridgehead atoms. The molecule has 1 aliphatic carbocycles. The van der Waals surface area contributed by atoms with E-state index in [1.807, 2.05) is 6.07 Å². The Morgan fingerprint density at radius 1 is 1.56 bits per heavy atom. The first kappa shape index (κ1) is 11.5. The van der Waals surface area contributed by atoms with Crippen LogP contribution in [0.1, 0.15) is 18.9 Å². The largest absolute Gasteiger partial charge is 0.496 e. The van der Waals surface area contributed by atoms with Crippen molar-refractivity contribution in [3.05, 3.63) is 28.8 Å². The molecule has 1 saturated carbocycles. The standard InChI is InChI=1S/C13H15ClO2/c1-8-5-11(8)12(15)7-9-6-10(14)3-4-13(9)16-2/h3-4,6,8,11H,5,7H2,1-2H3. The van der Waals surface area contributed by atoms with Crippen LogP contribution in [-0.2, 0) is 11.2 Å². The van der Waals surface area contributed by atoms with Gasteiger partial charge in [-0.15, -0.1) is 0 Å². The van der Waals surface area contributed by atoms with E-state index in [1.54, 1.807) is 19.2 Å². The molecule has 2 unspecified atom stereocenters. The molecular weight excluding hydrogens is 224 g/mol. The van der Waals surface area contributed by atoms with E-state index < -0.39 is 0 Å². The minimum Gasteiger partial charge on any atom is -0.496 e. The fourth-order valence-electron chi connectivity index (χ4n) is 1.97. The van der Waals surface area contributed by atoms with Gasteiger partial charge in [-0.1, -0.05) is 18.5 Å². The second-order valence-electron chi connectivity index (χ2n) is 4.42. The summed E-state index contributed by atoms with van der Waals surface area (Å²) in [5.74, 6) is 1.85. The molecule has 1 aromatic carbocycles. The third-order valence-corrected chi connectivity index (χ3v) is 3.37. The number of benzene rings is 1. The van der Waals surface area contributed by atoms with Crippen LogP contribution in [0.3, 0.4) is 0 Å². The normalized spacial score (nSPS) is 22.9. The van der Waals surface area contributed by atoms with Crippen molar-refractivity contribution in [3.63, 3.8) is 0 Å². The first-order valence-electron chi connectivity index (χ1n) is 5.47. The van der Waals surface area contributed by atoms with Gasteiger partial charge in [-0.05, 0) is 30.5 Å². The van der Waals surface area contributed by atoms with E-state index in [0.29, 0.717) is 23.1 Å². The number of ether oxygens (including phenoxy) is 1. The van der Waals surface area contributed by atoms with Gasteiger partial charge in [-0.3, -0.25) is 4.79 Å². The van der Waals surface area contributed by atoms with Crippen LogP contribution in [0.25, 0.3) is 0 Å². The van der Waals surface area contributed by atoms with Gasteiger partial charge in [0.15, 0.2) is 0 Å². The lowest BCUT2D eigenvalue weighted by molar-refractivity contribution is -0.119. The first-order valence-corrected chi connectivity index (χ1v) is 5.84. The zero-order valence-electron chi connectivity index (χ0n) is 9.50. The van der Waals surface area contributed by atoms with E-state index in [-0.39, 0.29) is 5.92 Å². The molecule has 0 N–H and O–H groups in total. The van der Waals surface area contributed by atoms with Gasteiger partial charge in [0.2, 0.25) is 0 Å². The smallest absolute Gasteiger partial charge is 0.140 e. The van der Waals surface area contributed by atoms with Crippen LogP contribution in [-0.4, -0.2) is 12.9 Å². The molecule has 0 saturated heterocycles. The Morgan fingerprint density at radius 2 is 2.25 bits per heavy atom. The summed E-state index contributed by atoms with van der Waals surface area (Å²) >= 11 is 5.91. The minimum atomic E-state index is 0.253. The first-order chi connectivity index (χ1) is 7.61. The fraction of sp³-hybridized carbons (Fsp3) is 0.462. The Bertz CT molecular complexity index is 414. The van der Waals surface area contributed by atoms with E-state index in [4.69, 9.17) is 16.3 Å². The highest BCUT2D eigenvalue weighted by molar-refractivity contribution is 6.30. The Morgan fingerprint density at radius 3 is 2.81 bits per heavy atom. The van der Waals surface area contributed by atoms with Gasteiger partial charge in [0.1, 0.15) is 11.5 Å². The van der Waals surface area contributed by atoms with Gasteiger partial charge in [-0.2, -0.15) is 0 Å². The van der Waals surface area contributed by atoms with Crippen molar-refractivity contribution in [2.45, 2.75) is 19.8 Å². The van der Waals surface area contributed by atoms with Crippen molar-refractivity contribution < 1.29 is 9.53 Å². The van der Waals surface area contributed by atoms with Crippen LogP contribution < -0.4 is 4.74 Å². The molecule has 2 atom stereocenters. The molecule has 0 aromatic heterocycles. The molecule has 0 radical (unpaired) electrons. The molecule has 1 fully saturated rings. The number of hydrogen-bond acceptors (Lipinski definition) is 2. The highest BCUT2D eigenvalue weighted by Gasteiger charge is 2.38. The molecule has 3 heteroatoms. The van der Waals surface area contributed by atoms with Gasteiger partial charge in [0, 0.05) is 22.9 Å². The summed E-state index contributed by atoms with van der Waals surface area (Å²) in [4.78, 5) is 11.9. The molecule has 0 spiro atoms. The lowest BCUT2D eigenvalue weighted by atomic mass is 10.0. The molecule has 0 aliphatic heterocycles. The van der Waals surface area contributed by atoms with Gasteiger partial charge < -0.3 is 4.74 Å². The van der Waals surface area contributed by atoms with Gasteiger partial charge in [-0.25, -0.2) is 0 Å². The van der Waals surface area contributed by atoms with Crippen molar-refractivity contribution in [3.8, 4) is 5.75 Å². The lowest BCUT2D eigenvalue weighted by Crippen LogP contribution is -2.07. The van der Waals surface area contributed by atoms with Crippen molar-refractivity contribution in [2.75, 3.05) is 7.11 Å².